The van der Waals surface area contributed by atoms with Crippen LogP contribution in [0, 0.1) is 0 Å². The van der Waals surface area contributed by atoms with Crippen molar-refractivity contribution in [3.63, 3.8) is 0 Å². The normalized spacial score (nSPS) is 15.2. The van der Waals surface area contributed by atoms with Gasteiger partial charge in [0.1, 0.15) is 0 Å². The molecule has 1 aliphatic rings. The molecule has 0 atom stereocenters. The summed E-state index contributed by atoms with van der Waals surface area (Å²) in [6.45, 7) is 6.50. The summed E-state index contributed by atoms with van der Waals surface area (Å²) in [4.78, 5) is 15.6. The molecule has 0 aromatic heterocycles. The number of carbonyl (C=O) groups is 1. The summed E-state index contributed by atoms with van der Waals surface area (Å²) in [6, 6.07) is 0. The summed E-state index contributed by atoms with van der Waals surface area (Å²) in [5, 5.41) is 3.53. The lowest BCUT2D eigenvalue weighted by Gasteiger charge is -2.04. The molecule has 1 N–H and O–H groups in total. The van der Waals surface area contributed by atoms with Gasteiger partial charge >= 0.3 is 0 Å². The third-order valence-electron chi connectivity index (χ3n) is 1.90. The average molecular weight is 198 g/mol. The molecule has 4 heteroatoms. The molecule has 0 aromatic rings. The van der Waals surface area contributed by atoms with Crippen LogP contribution in [0.5, 0.6) is 0 Å². The molecule has 72 valence electrons. The lowest BCUT2D eigenvalue weighted by atomic mass is 10.2. The van der Waals surface area contributed by atoms with Crippen molar-refractivity contribution in [3.05, 3.63) is 11.1 Å². The highest BCUT2D eigenvalue weighted by atomic mass is 32.2. The van der Waals surface area contributed by atoms with Gasteiger partial charge in [0.2, 0.25) is 0 Å². The maximum absolute atomic E-state index is 11.5. The van der Waals surface area contributed by atoms with Crippen molar-refractivity contribution in [2.45, 2.75) is 20.8 Å². The number of rotatable bonds is 1. The van der Waals surface area contributed by atoms with E-state index in [1.54, 1.807) is 11.8 Å². The molecule has 0 saturated heterocycles. The Bertz CT molecular complexity index is 277. The maximum atomic E-state index is 11.5. The number of thioether (sulfide) groups is 1. The Labute approximate surface area is 82.7 Å². The Balaban J connectivity index is 2.55. The largest absolute Gasteiger partial charge is 0.302 e. The van der Waals surface area contributed by atoms with E-state index in [2.05, 4.69) is 10.3 Å². The van der Waals surface area contributed by atoms with Gasteiger partial charge < -0.3 is 5.32 Å². The van der Waals surface area contributed by atoms with E-state index in [4.69, 9.17) is 0 Å². The SMILES string of the molecule is CC(C)=C(C)C(=O)NC1=NCCS1. The van der Waals surface area contributed by atoms with Gasteiger partial charge in [0.15, 0.2) is 5.17 Å². The monoisotopic (exact) mass is 198 g/mol. The van der Waals surface area contributed by atoms with Crippen LogP contribution in [-0.4, -0.2) is 23.4 Å². The topological polar surface area (TPSA) is 41.5 Å². The van der Waals surface area contributed by atoms with Crippen LogP contribution >= 0.6 is 11.8 Å². The molecule has 0 aliphatic carbocycles. The number of nitrogens with one attached hydrogen (secondary N) is 1. The minimum Gasteiger partial charge on any atom is -0.302 e. The van der Waals surface area contributed by atoms with Crippen molar-refractivity contribution >= 4 is 22.8 Å². The second-order valence-corrected chi connectivity index (χ2v) is 4.20. The van der Waals surface area contributed by atoms with Gasteiger partial charge in [0.25, 0.3) is 5.91 Å². The van der Waals surface area contributed by atoms with Crippen molar-refractivity contribution in [1.82, 2.24) is 5.32 Å². The van der Waals surface area contributed by atoms with E-state index in [1.165, 1.54) is 0 Å². The van der Waals surface area contributed by atoms with Gasteiger partial charge in [-0.1, -0.05) is 17.3 Å². The van der Waals surface area contributed by atoms with Gasteiger partial charge in [-0.2, -0.15) is 0 Å². The number of hydrogen-bond donors (Lipinski definition) is 1. The van der Waals surface area contributed by atoms with Crippen LogP contribution in [0.1, 0.15) is 20.8 Å². The van der Waals surface area contributed by atoms with Crippen LogP contribution in [0.15, 0.2) is 16.1 Å². The number of nitrogens with zero attached hydrogens (tertiary/aromatic N) is 1. The van der Waals surface area contributed by atoms with Crippen molar-refractivity contribution in [1.29, 1.82) is 0 Å². The van der Waals surface area contributed by atoms with E-state index >= 15 is 0 Å². The quantitative estimate of drug-likeness (QED) is 0.650. The molecule has 1 aliphatic heterocycles. The van der Waals surface area contributed by atoms with E-state index in [-0.39, 0.29) is 5.91 Å². The molecule has 0 bridgehead atoms. The molecule has 1 heterocycles. The van der Waals surface area contributed by atoms with Crippen molar-refractivity contribution < 1.29 is 4.79 Å². The number of amides is 1. The summed E-state index contributed by atoms with van der Waals surface area (Å²) in [5.74, 6) is 0.942. The molecular weight excluding hydrogens is 184 g/mol. The fraction of sp³-hybridized carbons (Fsp3) is 0.556. The smallest absolute Gasteiger partial charge is 0.252 e. The fourth-order valence-electron chi connectivity index (χ4n) is 0.829. The third-order valence-corrected chi connectivity index (χ3v) is 2.79. The third kappa shape index (κ3) is 2.88. The summed E-state index contributed by atoms with van der Waals surface area (Å²) >= 11 is 1.60. The standard InChI is InChI=1S/C9H14N2OS/c1-6(2)7(3)8(12)11-9-10-4-5-13-9/h4-5H2,1-3H3,(H,10,11,12). The van der Waals surface area contributed by atoms with Crippen molar-refractivity contribution in [2.24, 2.45) is 4.99 Å². The van der Waals surface area contributed by atoms with Crippen LogP contribution < -0.4 is 5.32 Å². The molecule has 0 unspecified atom stereocenters. The van der Waals surface area contributed by atoms with Crippen LogP contribution in [0.3, 0.4) is 0 Å². The molecule has 13 heavy (non-hydrogen) atoms. The highest BCUT2D eigenvalue weighted by molar-refractivity contribution is 8.14. The van der Waals surface area contributed by atoms with Crippen LogP contribution in [0.2, 0.25) is 0 Å². The predicted molar refractivity (Wildman–Crippen MR) is 57.0 cm³/mol. The van der Waals surface area contributed by atoms with E-state index in [9.17, 15) is 4.79 Å². The van der Waals surface area contributed by atoms with Crippen LogP contribution in [0.4, 0.5) is 0 Å². The first-order valence-electron chi connectivity index (χ1n) is 4.24. The minimum absolute atomic E-state index is 0.0341. The van der Waals surface area contributed by atoms with E-state index in [0.717, 1.165) is 28.6 Å². The second-order valence-electron chi connectivity index (χ2n) is 3.11. The van der Waals surface area contributed by atoms with Crippen molar-refractivity contribution in [3.8, 4) is 0 Å². The summed E-state index contributed by atoms with van der Waals surface area (Å²) < 4.78 is 0. The average Bonchev–Trinajstić information content (AvgIpc) is 2.55. The van der Waals surface area contributed by atoms with Gasteiger partial charge in [-0.05, 0) is 20.8 Å². The van der Waals surface area contributed by atoms with Gasteiger partial charge in [-0.25, -0.2) is 0 Å². The lowest BCUT2D eigenvalue weighted by molar-refractivity contribution is -0.116. The Morgan fingerprint density at radius 3 is 2.62 bits per heavy atom. The fourth-order valence-corrected chi connectivity index (χ4v) is 1.55. The van der Waals surface area contributed by atoms with Crippen molar-refractivity contribution in [2.75, 3.05) is 12.3 Å². The van der Waals surface area contributed by atoms with Gasteiger partial charge in [-0.15, -0.1) is 0 Å². The summed E-state index contributed by atoms with van der Waals surface area (Å²) in [6.07, 6.45) is 0. The number of hydrogen-bond acceptors (Lipinski definition) is 3. The molecule has 3 nitrogen and oxygen atoms in total. The van der Waals surface area contributed by atoms with Crippen LogP contribution in [-0.2, 0) is 4.79 Å². The first-order valence-corrected chi connectivity index (χ1v) is 5.22. The Kier molecular flexibility index (Phi) is 3.54. The minimum atomic E-state index is -0.0341. The van der Waals surface area contributed by atoms with Gasteiger partial charge in [0.05, 0.1) is 6.54 Å². The zero-order chi connectivity index (χ0) is 9.84. The first-order chi connectivity index (χ1) is 6.11. The zero-order valence-corrected chi connectivity index (χ0v) is 8.99. The molecular formula is C9H14N2OS. The predicted octanol–water partition coefficient (Wildman–Crippen LogP) is 1.56. The van der Waals surface area contributed by atoms with E-state index < -0.39 is 0 Å². The lowest BCUT2D eigenvalue weighted by Crippen LogP contribution is -2.28. The number of allylic oxidation sites excluding steroid dienone is 1. The Hall–Kier alpha value is -0.770. The number of aliphatic imine (C=N–C) groups is 1. The Morgan fingerprint density at radius 2 is 2.15 bits per heavy atom. The van der Waals surface area contributed by atoms with E-state index in [1.807, 2.05) is 20.8 Å². The molecule has 1 rings (SSSR count). The van der Waals surface area contributed by atoms with Gasteiger partial charge in [0, 0.05) is 11.3 Å². The van der Waals surface area contributed by atoms with Gasteiger partial charge in [-0.3, -0.25) is 9.79 Å². The number of amidine groups is 1. The highest BCUT2D eigenvalue weighted by Gasteiger charge is 2.12. The highest BCUT2D eigenvalue weighted by Crippen LogP contribution is 2.10. The molecule has 0 spiro atoms. The Morgan fingerprint density at radius 1 is 1.46 bits per heavy atom. The summed E-state index contributed by atoms with van der Waals surface area (Å²) in [7, 11) is 0. The molecule has 0 saturated carbocycles. The zero-order valence-electron chi connectivity index (χ0n) is 8.18. The molecule has 1 amide bonds. The molecule has 0 radical (unpaired) electrons. The first kappa shape index (κ1) is 10.3. The molecule has 0 fully saturated rings. The number of carbonyl (C=O) groups excluding carboxylic acids is 1. The summed E-state index contributed by atoms with van der Waals surface area (Å²) in [5.41, 5.74) is 1.82. The second kappa shape index (κ2) is 4.46. The van der Waals surface area contributed by atoms with E-state index in [0.29, 0.717) is 0 Å². The maximum Gasteiger partial charge on any atom is 0.252 e. The molecule has 0 aromatic carbocycles. The van der Waals surface area contributed by atoms with Crippen LogP contribution in [0.25, 0.3) is 0 Å².